The summed E-state index contributed by atoms with van der Waals surface area (Å²) in [5.74, 6) is 0.435. The lowest BCUT2D eigenvalue weighted by Gasteiger charge is -2.32. The third kappa shape index (κ3) is 3.27. The molecule has 1 N–H and O–H groups in total. The van der Waals surface area contributed by atoms with Crippen LogP contribution in [0.4, 0.5) is 0 Å². The zero-order valence-electron chi connectivity index (χ0n) is 15.7. The summed E-state index contributed by atoms with van der Waals surface area (Å²) < 4.78 is 27.4. The minimum atomic E-state index is -3.71. The number of sulfonamides is 1. The van der Waals surface area contributed by atoms with Gasteiger partial charge in [-0.2, -0.15) is 0 Å². The fourth-order valence-corrected chi connectivity index (χ4v) is 4.59. The van der Waals surface area contributed by atoms with Crippen LogP contribution in [0.25, 0.3) is 6.08 Å². The van der Waals surface area contributed by atoms with Gasteiger partial charge in [0.15, 0.2) is 5.84 Å². The molecule has 0 fully saturated rings. The molecule has 0 aliphatic carbocycles. The lowest BCUT2D eigenvalue weighted by Crippen LogP contribution is -2.51. The molecule has 0 radical (unpaired) electrons. The number of allylic oxidation sites excluding steroid dienone is 1. The molecule has 1 unspecified atom stereocenters. The molecule has 0 aromatic heterocycles. The summed E-state index contributed by atoms with van der Waals surface area (Å²) in [5, 5.41) is 3.38. The van der Waals surface area contributed by atoms with Crippen LogP contribution in [0.15, 0.2) is 94.7 Å². The summed E-state index contributed by atoms with van der Waals surface area (Å²) >= 11 is 0. The quantitative estimate of drug-likeness (QED) is 0.862. The van der Waals surface area contributed by atoms with Gasteiger partial charge in [0.25, 0.3) is 10.0 Å². The Morgan fingerprint density at radius 1 is 1.04 bits per heavy atom. The maximum Gasteiger partial charge on any atom is 0.269 e. The molecule has 2 aliphatic rings. The number of rotatable bonds is 4. The van der Waals surface area contributed by atoms with Crippen molar-refractivity contribution in [2.45, 2.75) is 24.3 Å². The van der Waals surface area contributed by atoms with Crippen molar-refractivity contribution in [2.24, 2.45) is 4.99 Å². The fraction of sp³-hybridized carbons (Fsp3) is 0.136. The molecule has 28 heavy (non-hydrogen) atoms. The van der Waals surface area contributed by atoms with Crippen LogP contribution in [-0.2, 0) is 10.0 Å². The first kappa shape index (κ1) is 18.3. The molecule has 0 amide bonds. The van der Waals surface area contributed by atoms with Gasteiger partial charge in [0.2, 0.25) is 0 Å². The summed E-state index contributed by atoms with van der Waals surface area (Å²) in [6.45, 7) is 3.84. The number of nitrogens with zero attached hydrogens (tertiary/aromatic N) is 2. The van der Waals surface area contributed by atoms with Gasteiger partial charge in [-0.25, -0.2) is 17.7 Å². The van der Waals surface area contributed by atoms with Crippen molar-refractivity contribution in [1.82, 2.24) is 9.62 Å². The molecule has 2 aliphatic heterocycles. The molecule has 2 aromatic carbocycles. The minimum Gasteiger partial charge on any atom is -0.368 e. The predicted molar refractivity (Wildman–Crippen MR) is 112 cm³/mol. The van der Waals surface area contributed by atoms with E-state index in [1.54, 1.807) is 36.7 Å². The summed E-state index contributed by atoms with van der Waals surface area (Å²) in [6.07, 6.45) is 8.97. The Morgan fingerprint density at radius 2 is 1.75 bits per heavy atom. The second kappa shape index (κ2) is 6.80. The van der Waals surface area contributed by atoms with Crippen molar-refractivity contribution in [3.63, 3.8) is 0 Å². The molecule has 2 aromatic rings. The maximum atomic E-state index is 13.1. The van der Waals surface area contributed by atoms with Gasteiger partial charge in [0.05, 0.1) is 16.8 Å². The van der Waals surface area contributed by atoms with Gasteiger partial charge in [-0.1, -0.05) is 54.1 Å². The van der Waals surface area contributed by atoms with E-state index in [2.05, 4.69) is 10.3 Å². The molecule has 0 spiro atoms. The van der Waals surface area contributed by atoms with Gasteiger partial charge >= 0.3 is 0 Å². The van der Waals surface area contributed by atoms with E-state index in [4.69, 9.17) is 0 Å². The smallest absolute Gasteiger partial charge is 0.269 e. The lowest BCUT2D eigenvalue weighted by atomic mass is 10.0. The van der Waals surface area contributed by atoms with Gasteiger partial charge in [-0.3, -0.25) is 0 Å². The van der Waals surface area contributed by atoms with Crippen molar-refractivity contribution < 1.29 is 8.42 Å². The summed E-state index contributed by atoms with van der Waals surface area (Å²) in [4.78, 5) is 4.72. The minimum absolute atomic E-state index is 0.244. The third-order valence-corrected chi connectivity index (χ3v) is 6.46. The van der Waals surface area contributed by atoms with Gasteiger partial charge in [0, 0.05) is 6.20 Å². The summed E-state index contributed by atoms with van der Waals surface area (Å²) in [7, 11) is -3.71. The average molecular weight is 391 g/mol. The lowest BCUT2D eigenvalue weighted by molar-refractivity contribution is 0.552. The predicted octanol–water partition coefficient (Wildman–Crippen LogP) is 3.83. The maximum absolute atomic E-state index is 13.1. The highest BCUT2D eigenvalue weighted by atomic mass is 32.2. The second-order valence-electron chi connectivity index (χ2n) is 7.04. The number of fused-ring (bicyclic) bond motifs is 1. The molecule has 5 nitrogen and oxygen atoms in total. The van der Waals surface area contributed by atoms with E-state index in [-0.39, 0.29) is 4.90 Å². The first-order chi connectivity index (χ1) is 13.4. The SMILES string of the molecule is Cc1ccc(S(=O)(=O)N2C=CC3(C)NC(/C=C/c4ccccc4)=CN=C23)cc1. The molecule has 4 rings (SSSR count). The molecule has 2 heterocycles. The van der Waals surface area contributed by atoms with Crippen molar-refractivity contribution >= 4 is 21.9 Å². The Kier molecular flexibility index (Phi) is 4.43. The fourth-order valence-electron chi connectivity index (χ4n) is 3.19. The first-order valence-corrected chi connectivity index (χ1v) is 10.4. The highest BCUT2D eigenvalue weighted by Gasteiger charge is 2.43. The molecule has 0 saturated heterocycles. The van der Waals surface area contributed by atoms with Crippen molar-refractivity contribution in [1.29, 1.82) is 0 Å². The van der Waals surface area contributed by atoms with Crippen LogP contribution in [0.1, 0.15) is 18.1 Å². The molecule has 1 atom stereocenters. The van der Waals surface area contributed by atoms with E-state index in [9.17, 15) is 8.42 Å². The van der Waals surface area contributed by atoms with Gasteiger partial charge in [-0.15, -0.1) is 0 Å². The van der Waals surface area contributed by atoms with Crippen LogP contribution in [0.3, 0.4) is 0 Å². The van der Waals surface area contributed by atoms with E-state index in [1.165, 1.54) is 4.31 Å². The van der Waals surface area contributed by atoms with E-state index in [0.717, 1.165) is 16.8 Å². The van der Waals surface area contributed by atoms with Crippen LogP contribution in [-0.4, -0.2) is 24.1 Å². The Labute approximate surface area is 165 Å². The molecule has 0 saturated carbocycles. The van der Waals surface area contributed by atoms with Crippen LogP contribution >= 0.6 is 0 Å². The van der Waals surface area contributed by atoms with E-state index < -0.39 is 15.6 Å². The van der Waals surface area contributed by atoms with E-state index >= 15 is 0 Å². The van der Waals surface area contributed by atoms with Crippen LogP contribution in [0.2, 0.25) is 0 Å². The van der Waals surface area contributed by atoms with Gasteiger partial charge in [0.1, 0.15) is 5.54 Å². The third-order valence-electron chi connectivity index (χ3n) is 4.78. The largest absolute Gasteiger partial charge is 0.368 e. The molecule has 0 bridgehead atoms. The Hall–Kier alpha value is -3.12. The molecular weight excluding hydrogens is 370 g/mol. The monoisotopic (exact) mass is 391 g/mol. The Balaban J connectivity index is 1.63. The van der Waals surface area contributed by atoms with Crippen LogP contribution in [0.5, 0.6) is 0 Å². The topological polar surface area (TPSA) is 61.8 Å². The molecular formula is C22H21N3O2S. The van der Waals surface area contributed by atoms with Gasteiger partial charge < -0.3 is 5.32 Å². The van der Waals surface area contributed by atoms with E-state index in [0.29, 0.717) is 5.84 Å². The van der Waals surface area contributed by atoms with Crippen LogP contribution in [0, 0.1) is 6.92 Å². The Morgan fingerprint density at radius 3 is 2.46 bits per heavy atom. The highest BCUT2D eigenvalue weighted by molar-refractivity contribution is 7.89. The van der Waals surface area contributed by atoms with Crippen molar-refractivity contribution in [3.8, 4) is 0 Å². The number of amidine groups is 1. The standard InChI is InChI=1S/C22H21N3O2S/c1-17-8-12-20(13-9-17)28(26,27)25-15-14-22(2)21(25)23-16-19(24-22)11-10-18-6-4-3-5-7-18/h3-16,24H,1-2H3/b11-10+. The Bertz CT molecular complexity index is 1110. The van der Waals surface area contributed by atoms with Crippen molar-refractivity contribution in [2.75, 3.05) is 0 Å². The second-order valence-corrected chi connectivity index (χ2v) is 8.85. The number of hydrogen-bond donors (Lipinski definition) is 1. The van der Waals surface area contributed by atoms with E-state index in [1.807, 2.05) is 62.4 Å². The summed E-state index contributed by atoms with van der Waals surface area (Å²) in [5.41, 5.74) is 2.21. The number of aryl methyl sites for hydroxylation is 1. The summed E-state index contributed by atoms with van der Waals surface area (Å²) in [6, 6.07) is 16.8. The normalized spacial score (nSPS) is 21.3. The zero-order chi connectivity index (χ0) is 19.8. The number of nitrogens with one attached hydrogen (secondary N) is 1. The zero-order valence-corrected chi connectivity index (χ0v) is 16.5. The molecule has 142 valence electrons. The van der Waals surface area contributed by atoms with Gasteiger partial charge in [-0.05, 0) is 43.7 Å². The van der Waals surface area contributed by atoms with Crippen LogP contribution < -0.4 is 5.32 Å². The first-order valence-electron chi connectivity index (χ1n) is 8.99. The molecule has 6 heteroatoms. The van der Waals surface area contributed by atoms with Crippen molar-refractivity contribution in [3.05, 3.63) is 96.0 Å². The number of aliphatic imine (C=N–C) groups is 1. The average Bonchev–Trinajstić information content (AvgIpc) is 3.04. The number of hydrogen-bond acceptors (Lipinski definition) is 4. The highest BCUT2D eigenvalue weighted by Crippen LogP contribution is 2.30. The number of benzene rings is 2.